The SMILES string of the molecule is CC(=O)NCCCc1ccc(-c2csc(NC(=O)C3CC(c4ccccc4)=NO3)n2)cc1. The third-order valence-electron chi connectivity index (χ3n) is 5.07. The third-order valence-corrected chi connectivity index (χ3v) is 5.83. The minimum Gasteiger partial charge on any atom is -0.382 e. The molecule has 8 heteroatoms. The average molecular weight is 449 g/mol. The lowest BCUT2D eigenvalue weighted by molar-refractivity contribution is -0.125. The number of benzene rings is 2. The summed E-state index contributed by atoms with van der Waals surface area (Å²) in [5, 5.41) is 12.2. The summed E-state index contributed by atoms with van der Waals surface area (Å²) in [7, 11) is 0. The maximum Gasteiger partial charge on any atom is 0.270 e. The predicted octanol–water partition coefficient (Wildman–Crippen LogP) is 4.01. The fourth-order valence-corrected chi connectivity index (χ4v) is 4.09. The summed E-state index contributed by atoms with van der Waals surface area (Å²) in [5.74, 6) is -0.259. The summed E-state index contributed by atoms with van der Waals surface area (Å²) in [6.45, 7) is 2.20. The summed E-state index contributed by atoms with van der Waals surface area (Å²) in [6.07, 6.45) is 1.56. The Kier molecular flexibility index (Phi) is 6.91. The van der Waals surface area contributed by atoms with Gasteiger partial charge in [-0.1, -0.05) is 59.8 Å². The third kappa shape index (κ3) is 5.59. The van der Waals surface area contributed by atoms with Crippen LogP contribution in [0.5, 0.6) is 0 Å². The van der Waals surface area contributed by atoms with Crippen molar-refractivity contribution < 1.29 is 14.4 Å². The smallest absolute Gasteiger partial charge is 0.270 e. The molecule has 7 nitrogen and oxygen atoms in total. The van der Waals surface area contributed by atoms with Gasteiger partial charge in [-0.3, -0.25) is 14.9 Å². The molecule has 1 aliphatic rings. The quantitative estimate of drug-likeness (QED) is 0.509. The van der Waals surface area contributed by atoms with Gasteiger partial charge in [0.05, 0.1) is 11.4 Å². The zero-order valence-electron chi connectivity index (χ0n) is 17.7. The van der Waals surface area contributed by atoms with Crippen LogP contribution in [0.4, 0.5) is 5.13 Å². The summed E-state index contributed by atoms with van der Waals surface area (Å²) < 4.78 is 0. The number of hydrogen-bond acceptors (Lipinski definition) is 6. The van der Waals surface area contributed by atoms with Crippen LogP contribution in [0.15, 0.2) is 65.1 Å². The number of anilines is 1. The molecule has 1 aliphatic heterocycles. The number of amides is 2. The molecule has 0 aliphatic carbocycles. The van der Waals surface area contributed by atoms with Crippen LogP contribution in [0, 0.1) is 0 Å². The molecule has 2 amide bonds. The molecule has 0 radical (unpaired) electrons. The maximum absolute atomic E-state index is 12.6. The predicted molar refractivity (Wildman–Crippen MR) is 126 cm³/mol. The second kappa shape index (κ2) is 10.2. The molecule has 2 aromatic carbocycles. The number of carbonyl (C=O) groups is 2. The van der Waals surface area contributed by atoms with Gasteiger partial charge in [-0.05, 0) is 24.0 Å². The van der Waals surface area contributed by atoms with E-state index in [0.717, 1.165) is 35.4 Å². The topological polar surface area (TPSA) is 92.7 Å². The van der Waals surface area contributed by atoms with Crippen molar-refractivity contribution in [2.24, 2.45) is 5.16 Å². The number of aryl methyl sites for hydroxylation is 1. The lowest BCUT2D eigenvalue weighted by Gasteiger charge is -2.07. The van der Waals surface area contributed by atoms with Crippen molar-refractivity contribution in [3.05, 3.63) is 71.1 Å². The van der Waals surface area contributed by atoms with Gasteiger partial charge in [-0.2, -0.15) is 0 Å². The first-order valence-corrected chi connectivity index (χ1v) is 11.3. The fourth-order valence-electron chi connectivity index (χ4n) is 3.37. The molecule has 1 atom stereocenters. The molecule has 3 aromatic rings. The molecule has 2 heterocycles. The fraction of sp³-hybridized carbons (Fsp3) is 0.250. The van der Waals surface area contributed by atoms with E-state index in [9.17, 15) is 9.59 Å². The molecule has 32 heavy (non-hydrogen) atoms. The van der Waals surface area contributed by atoms with Gasteiger partial charge < -0.3 is 10.2 Å². The minimum absolute atomic E-state index is 0.00423. The molecule has 1 unspecified atom stereocenters. The Labute approximate surface area is 190 Å². The molecule has 0 saturated heterocycles. The molecule has 164 valence electrons. The molecular formula is C24H24N4O3S. The molecule has 4 rings (SSSR count). The van der Waals surface area contributed by atoms with E-state index in [0.29, 0.717) is 18.1 Å². The summed E-state index contributed by atoms with van der Waals surface area (Å²) >= 11 is 1.38. The summed E-state index contributed by atoms with van der Waals surface area (Å²) in [5.41, 5.74) is 4.72. The molecule has 0 fully saturated rings. The minimum atomic E-state index is -0.658. The molecule has 2 N–H and O–H groups in total. The highest BCUT2D eigenvalue weighted by Gasteiger charge is 2.29. The van der Waals surface area contributed by atoms with Crippen molar-refractivity contribution in [2.45, 2.75) is 32.3 Å². The van der Waals surface area contributed by atoms with Crippen LogP contribution in [0.1, 0.15) is 30.9 Å². The largest absolute Gasteiger partial charge is 0.382 e. The highest BCUT2D eigenvalue weighted by atomic mass is 32.1. The number of hydrogen-bond donors (Lipinski definition) is 2. The molecular weight excluding hydrogens is 424 g/mol. The maximum atomic E-state index is 12.6. The van der Waals surface area contributed by atoms with Gasteiger partial charge in [0.2, 0.25) is 12.0 Å². The van der Waals surface area contributed by atoms with E-state index >= 15 is 0 Å². The van der Waals surface area contributed by atoms with Gasteiger partial charge >= 0.3 is 0 Å². The van der Waals surface area contributed by atoms with Crippen molar-refractivity contribution in [3.63, 3.8) is 0 Å². The van der Waals surface area contributed by atoms with E-state index in [1.807, 2.05) is 47.8 Å². The summed E-state index contributed by atoms with van der Waals surface area (Å²) in [4.78, 5) is 33.4. The van der Waals surface area contributed by atoms with Crippen molar-refractivity contribution >= 4 is 34.0 Å². The number of nitrogens with zero attached hydrogens (tertiary/aromatic N) is 2. The van der Waals surface area contributed by atoms with Gasteiger partial charge in [0.1, 0.15) is 0 Å². The van der Waals surface area contributed by atoms with Crippen LogP contribution >= 0.6 is 11.3 Å². The lowest BCUT2D eigenvalue weighted by atomic mass is 10.1. The van der Waals surface area contributed by atoms with Gasteiger partial charge in [-0.15, -0.1) is 11.3 Å². The Morgan fingerprint density at radius 2 is 1.88 bits per heavy atom. The first-order valence-electron chi connectivity index (χ1n) is 10.5. The van der Waals surface area contributed by atoms with Crippen molar-refractivity contribution in [1.82, 2.24) is 10.3 Å². The van der Waals surface area contributed by atoms with E-state index in [2.05, 4.69) is 32.9 Å². The van der Waals surface area contributed by atoms with Crippen molar-refractivity contribution in [3.8, 4) is 11.3 Å². The molecule has 1 aromatic heterocycles. The zero-order valence-corrected chi connectivity index (χ0v) is 18.5. The molecule has 0 saturated carbocycles. The number of thiazole rings is 1. The van der Waals surface area contributed by atoms with Crippen LogP contribution in [0.25, 0.3) is 11.3 Å². The van der Waals surface area contributed by atoms with Gasteiger partial charge in [-0.25, -0.2) is 4.98 Å². The van der Waals surface area contributed by atoms with Crippen LogP contribution < -0.4 is 10.6 Å². The molecule has 0 bridgehead atoms. The number of carbonyl (C=O) groups excluding carboxylic acids is 2. The van der Waals surface area contributed by atoms with Crippen LogP contribution in [0.2, 0.25) is 0 Å². The van der Waals surface area contributed by atoms with E-state index in [1.165, 1.54) is 23.8 Å². The van der Waals surface area contributed by atoms with Gasteiger partial charge in [0.25, 0.3) is 5.91 Å². The normalized spacial score (nSPS) is 15.0. The second-order valence-corrected chi connectivity index (χ2v) is 8.37. The number of aromatic nitrogens is 1. The lowest BCUT2D eigenvalue weighted by Crippen LogP contribution is -2.27. The van der Waals surface area contributed by atoms with Gasteiger partial charge in [0, 0.05) is 30.8 Å². The van der Waals surface area contributed by atoms with Crippen LogP contribution in [-0.2, 0) is 20.8 Å². The average Bonchev–Trinajstić information content (AvgIpc) is 3.48. The van der Waals surface area contributed by atoms with Crippen LogP contribution in [-0.4, -0.2) is 35.2 Å². The monoisotopic (exact) mass is 448 g/mol. The van der Waals surface area contributed by atoms with E-state index in [1.54, 1.807) is 0 Å². The highest BCUT2D eigenvalue weighted by molar-refractivity contribution is 7.14. The zero-order chi connectivity index (χ0) is 22.3. The van der Waals surface area contributed by atoms with Gasteiger partial charge in [0.15, 0.2) is 5.13 Å². The Morgan fingerprint density at radius 1 is 1.09 bits per heavy atom. The van der Waals surface area contributed by atoms with E-state index in [-0.39, 0.29) is 11.8 Å². The first-order chi connectivity index (χ1) is 15.6. The van der Waals surface area contributed by atoms with E-state index in [4.69, 9.17) is 4.84 Å². The summed E-state index contributed by atoms with van der Waals surface area (Å²) in [6, 6.07) is 17.9. The first kappa shape index (κ1) is 21.7. The highest BCUT2D eigenvalue weighted by Crippen LogP contribution is 2.26. The van der Waals surface area contributed by atoms with Crippen molar-refractivity contribution in [2.75, 3.05) is 11.9 Å². The van der Waals surface area contributed by atoms with E-state index < -0.39 is 6.10 Å². The Hall–Kier alpha value is -3.52. The second-order valence-electron chi connectivity index (χ2n) is 7.51. The molecule has 0 spiro atoms. The number of nitrogens with one attached hydrogen (secondary N) is 2. The Balaban J connectivity index is 1.29. The Bertz CT molecular complexity index is 1110. The number of rotatable bonds is 8. The Morgan fingerprint density at radius 3 is 2.62 bits per heavy atom. The standard InChI is InChI=1S/C24H24N4O3S/c1-16(29)25-13-5-6-17-9-11-19(12-10-17)21-15-32-24(26-21)27-23(30)22-14-20(28-31-22)18-7-3-2-4-8-18/h2-4,7-12,15,22H,5-6,13-14H2,1H3,(H,25,29)(H,26,27,30). The number of oxime groups is 1. The van der Waals surface area contributed by atoms with Crippen LogP contribution in [0.3, 0.4) is 0 Å². The van der Waals surface area contributed by atoms with Crippen molar-refractivity contribution in [1.29, 1.82) is 0 Å².